The van der Waals surface area contributed by atoms with Gasteiger partial charge in [0.2, 0.25) is 5.91 Å². The van der Waals surface area contributed by atoms with E-state index in [4.69, 9.17) is 5.26 Å². The number of nitriles is 1. The summed E-state index contributed by atoms with van der Waals surface area (Å²) < 4.78 is 0. The summed E-state index contributed by atoms with van der Waals surface area (Å²) in [4.78, 5) is 16.4. The van der Waals surface area contributed by atoms with Crippen molar-refractivity contribution in [2.24, 2.45) is 0 Å². The van der Waals surface area contributed by atoms with E-state index >= 15 is 0 Å². The number of hydrogen-bond acceptors (Lipinski definition) is 4. The number of likely N-dealkylation sites (N-methyl/N-ethyl adjacent to an activating group) is 1. The normalized spacial score (nSPS) is 16.0. The molecule has 1 N–H and O–H groups in total. The smallest absolute Gasteiger partial charge is 0.244 e. The van der Waals surface area contributed by atoms with E-state index in [0.29, 0.717) is 13.0 Å². The topological polar surface area (TPSA) is 59.4 Å². The molecule has 1 saturated heterocycles. The van der Waals surface area contributed by atoms with Gasteiger partial charge in [-0.1, -0.05) is 18.6 Å². The predicted molar refractivity (Wildman–Crippen MR) is 101 cm³/mol. The third kappa shape index (κ3) is 6.39. The molecule has 25 heavy (non-hydrogen) atoms. The molecule has 1 aromatic carbocycles. The fourth-order valence-corrected chi connectivity index (χ4v) is 3.21. The Labute approximate surface area is 151 Å². The molecule has 0 aliphatic carbocycles. The zero-order valence-corrected chi connectivity index (χ0v) is 15.5. The third-order valence-corrected chi connectivity index (χ3v) is 4.81. The molecule has 1 heterocycles. The molecule has 2 rings (SSSR count). The maximum Gasteiger partial charge on any atom is 0.244 e. The van der Waals surface area contributed by atoms with Crippen LogP contribution in [-0.4, -0.2) is 55.0 Å². The SMILES string of the molecule is C[C@H](Nc1ccc(CCN2CCCCC2)cc1)C(=O)N(C)CCC#N. The summed E-state index contributed by atoms with van der Waals surface area (Å²) in [5.41, 5.74) is 2.29. The van der Waals surface area contributed by atoms with Crippen molar-refractivity contribution in [2.75, 3.05) is 38.5 Å². The van der Waals surface area contributed by atoms with Crippen molar-refractivity contribution in [3.8, 4) is 6.07 Å². The van der Waals surface area contributed by atoms with Crippen molar-refractivity contribution in [1.29, 1.82) is 5.26 Å². The van der Waals surface area contributed by atoms with Crippen molar-refractivity contribution < 1.29 is 4.79 Å². The largest absolute Gasteiger partial charge is 0.374 e. The van der Waals surface area contributed by atoms with E-state index in [-0.39, 0.29) is 11.9 Å². The van der Waals surface area contributed by atoms with Crippen LogP contribution in [0.15, 0.2) is 24.3 Å². The number of rotatable bonds is 8. The van der Waals surface area contributed by atoms with Gasteiger partial charge in [0.1, 0.15) is 6.04 Å². The Hall–Kier alpha value is -2.06. The molecule has 1 atom stereocenters. The van der Waals surface area contributed by atoms with E-state index in [1.165, 1.54) is 37.9 Å². The van der Waals surface area contributed by atoms with Crippen molar-refractivity contribution in [2.45, 2.75) is 45.1 Å². The molecule has 1 aliphatic heterocycles. The fraction of sp³-hybridized carbons (Fsp3) is 0.600. The van der Waals surface area contributed by atoms with Gasteiger partial charge in [-0.05, 0) is 57.0 Å². The Morgan fingerprint density at radius 3 is 2.60 bits per heavy atom. The van der Waals surface area contributed by atoms with Gasteiger partial charge in [-0.3, -0.25) is 4.79 Å². The first kappa shape index (κ1) is 19.3. The summed E-state index contributed by atoms with van der Waals surface area (Å²) in [5, 5.41) is 11.9. The number of nitrogens with one attached hydrogen (secondary N) is 1. The number of anilines is 1. The number of benzene rings is 1. The molecule has 5 heteroatoms. The van der Waals surface area contributed by atoms with Crippen LogP contribution >= 0.6 is 0 Å². The molecular weight excluding hydrogens is 312 g/mol. The standard InChI is InChI=1S/C20H30N4O/c1-17(20(25)23(2)13-6-12-21)22-19-9-7-18(8-10-19)11-16-24-14-4-3-5-15-24/h7-10,17,22H,3-6,11,13-16H2,1-2H3/t17-/m0/s1. The second-order valence-corrected chi connectivity index (χ2v) is 6.88. The van der Waals surface area contributed by atoms with Gasteiger partial charge < -0.3 is 15.1 Å². The van der Waals surface area contributed by atoms with Crippen LogP contribution in [0.4, 0.5) is 5.69 Å². The summed E-state index contributed by atoms with van der Waals surface area (Å²) in [7, 11) is 1.74. The van der Waals surface area contributed by atoms with E-state index in [2.05, 4.69) is 28.4 Å². The number of nitrogens with zero attached hydrogens (tertiary/aromatic N) is 3. The Bertz CT molecular complexity index is 572. The molecule has 1 aliphatic rings. The molecular formula is C20H30N4O. The van der Waals surface area contributed by atoms with Crippen LogP contribution in [0.5, 0.6) is 0 Å². The number of amides is 1. The Balaban J connectivity index is 1.78. The second-order valence-electron chi connectivity index (χ2n) is 6.88. The first-order valence-electron chi connectivity index (χ1n) is 9.30. The maximum atomic E-state index is 12.2. The van der Waals surface area contributed by atoms with E-state index in [1.807, 2.05) is 19.1 Å². The van der Waals surface area contributed by atoms with Crippen LogP contribution in [-0.2, 0) is 11.2 Å². The van der Waals surface area contributed by atoms with Gasteiger partial charge in [-0.2, -0.15) is 5.26 Å². The average Bonchev–Trinajstić information content (AvgIpc) is 2.65. The number of hydrogen-bond donors (Lipinski definition) is 1. The second kappa shape index (κ2) is 10.0. The van der Waals surface area contributed by atoms with Gasteiger partial charge in [0.15, 0.2) is 0 Å². The van der Waals surface area contributed by atoms with Crippen LogP contribution in [0, 0.1) is 11.3 Å². The van der Waals surface area contributed by atoms with E-state index in [0.717, 1.165) is 18.7 Å². The highest BCUT2D eigenvalue weighted by Crippen LogP contribution is 2.14. The minimum absolute atomic E-state index is 0.00410. The van der Waals surface area contributed by atoms with Crippen LogP contribution in [0.25, 0.3) is 0 Å². The lowest BCUT2D eigenvalue weighted by Crippen LogP contribution is -2.39. The first-order chi connectivity index (χ1) is 12.1. The van der Waals surface area contributed by atoms with Crippen molar-refractivity contribution in [3.05, 3.63) is 29.8 Å². The fourth-order valence-electron chi connectivity index (χ4n) is 3.21. The van der Waals surface area contributed by atoms with Crippen LogP contribution in [0.3, 0.4) is 0 Å². The van der Waals surface area contributed by atoms with Crippen molar-refractivity contribution >= 4 is 11.6 Å². The summed E-state index contributed by atoms with van der Waals surface area (Å²) in [6.07, 6.45) is 5.47. The Kier molecular flexibility index (Phi) is 7.75. The average molecular weight is 342 g/mol. The van der Waals surface area contributed by atoms with E-state index in [9.17, 15) is 4.79 Å². The molecule has 0 aromatic heterocycles. The third-order valence-electron chi connectivity index (χ3n) is 4.81. The number of likely N-dealkylation sites (tertiary alicyclic amines) is 1. The van der Waals surface area contributed by atoms with Crippen molar-refractivity contribution in [3.63, 3.8) is 0 Å². The highest BCUT2D eigenvalue weighted by Gasteiger charge is 2.17. The van der Waals surface area contributed by atoms with Gasteiger partial charge >= 0.3 is 0 Å². The van der Waals surface area contributed by atoms with Crippen LogP contribution in [0.1, 0.15) is 38.2 Å². The number of carbonyl (C=O) groups excluding carboxylic acids is 1. The zero-order valence-electron chi connectivity index (χ0n) is 15.5. The molecule has 1 amide bonds. The van der Waals surface area contributed by atoms with E-state index < -0.39 is 0 Å². The van der Waals surface area contributed by atoms with Crippen LogP contribution in [0.2, 0.25) is 0 Å². The number of carbonyl (C=O) groups is 1. The van der Waals surface area contributed by atoms with Crippen LogP contribution < -0.4 is 5.32 Å². The molecule has 0 saturated carbocycles. The number of piperidine rings is 1. The molecule has 0 radical (unpaired) electrons. The molecule has 1 fully saturated rings. The molecule has 136 valence electrons. The Morgan fingerprint density at radius 2 is 1.96 bits per heavy atom. The van der Waals surface area contributed by atoms with Crippen molar-refractivity contribution in [1.82, 2.24) is 9.80 Å². The molecule has 0 bridgehead atoms. The predicted octanol–water partition coefficient (Wildman–Crippen LogP) is 2.89. The molecule has 5 nitrogen and oxygen atoms in total. The minimum atomic E-state index is -0.303. The lowest BCUT2D eigenvalue weighted by atomic mass is 10.1. The monoisotopic (exact) mass is 342 g/mol. The van der Waals surface area contributed by atoms with E-state index in [1.54, 1.807) is 11.9 Å². The molecule has 0 spiro atoms. The summed E-state index contributed by atoms with van der Waals surface area (Å²) >= 11 is 0. The summed E-state index contributed by atoms with van der Waals surface area (Å²) in [6, 6.07) is 10.1. The highest BCUT2D eigenvalue weighted by atomic mass is 16.2. The zero-order chi connectivity index (χ0) is 18.1. The summed E-state index contributed by atoms with van der Waals surface area (Å²) in [5.74, 6) is 0.00410. The van der Waals surface area contributed by atoms with Gasteiger partial charge in [0, 0.05) is 25.8 Å². The first-order valence-corrected chi connectivity index (χ1v) is 9.30. The van der Waals surface area contributed by atoms with Gasteiger partial charge in [0.25, 0.3) is 0 Å². The maximum absolute atomic E-state index is 12.2. The van der Waals surface area contributed by atoms with Gasteiger partial charge in [-0.15, -0.1) is 0 Å². The Morgan fingerprint density at radius 1 is 1.28 bits per heavy atom. The van der Waals surface area contributed by atoms with Gasteiger partial charge in [-0.25, -0.2) is 0 Å². The molecule has 1 aromatic rings. The highest BCUT2D eigenvalue weighted by molar-refractivity contribution is 5.84. The minimum Gasteiger partial charge on any atom is -0.374 e. The van der Waals surface area contributed by atoms with Gasteiger partial charge in [0.05, 0.1) is 12.5 Å². The molecule has 0 unspecified atom stereocenters. The summed E-state index contributed by atoms with van der Waals surface area (Å²) in [6.45, 7) is 5.93. The lowest BCUT2D eigenvalue weighted by molar-refractivity contribution is -0.130. The lowest BCUT2D eigenvalue weighted by Gasteiger charge is -2.26. The quantitative estimate of drug-likeness (QED) is 0.789.